The number of carbonyl (C=O) groups is 1. The molecule has 4 nitrogen and oxygen atoms in total. The summed E-state index contributed by atoms with van der Waals surface area (Å²) in [7, 11) is 1.49. The molecule has 0 radical (unpaired) electrons. The van der Waals surface area contributed by atoms with Gasteiger partial charge in [0.15, 0.2) is 0 Å². The number of hydrogen-bond acceptors (Lipinski definition) is 3. The van der Waals surface area contributed by atoms with E-state index in [9.17, 15) is 14.3 Å². The number of aryl methyl sites for hydroxylation is 1. The van der Waals surface area contributed by atoms with Crippen LogP contribution in [0.15, 0.2) is 18.2 Å². The van der Waals surface area contributed by atoms with E-state index in [4.69, 9.17) is 4.74 Å². The number of rotatable bonds is 6. The molecular weight excluding hydrogens is 237 g/mol. The van der Waals surface area contributed by atoms with Gasteiger partial charge in [-0.1, -0.05) is 6.07 Å². The molecule has 1 aromatic rings. The summed E-state index contributed by atoms with van der Waals surface area (Å²) in [6.07, 6.45) is -0.259. The number of ether oxygens (including phenoxy) is 1. The Morgan fingerprint density at radius 1 is 1.56 bits per heavy atom. The van der Waals surface area contributed by atoms with Gasteiger partial charge in [-0.3, -0.25) is 4.79 Å². The highest BCUT2D eigenvalue weighted by Crippen LogP contribution is 2.09. The van der Waals surface area contributed by atoms with Crippen LogP contribution in [-0.2, 0) is 4.74 Å². The van der Waals surface area contributed by atoms with Crippen LogP contribution in [0, 0.1) is 12.7 Å². The number of carbonyl (C=O) groups excluding carboxylic acids is 1. The molecule has 2 N–H and O–H groups in total. The number of nitrogens with one attached hydrogen (secondary N) is 1. The average Bonchev–Trinajstić information content (AvgIpc) is 2.29. The van der Waals surface area contributed by atoms with E-state index in [0.29, 0.717) is 6.42 Å². The monoisotopic (exact) mass is 255 g/mol. The fraction of sp³-hybridized carbons (Fsp3) is 0.462. The van der Waals surface area contributed by atoms with Gasteiger partial charge in [0.2, 0.25) is 0 Å². The molecule has 0 saturated heterocycles. The number of aliphatic hydroxyl groups excluding tert-OH is 1. The summed E-state index contributed by atoms with van der Waals surface area (Å²) >= 11 is 0. The van der Waals surface area contributed by atoms with Crippen molar-refractivity contribution < 1.29 is 19.0 Å². The van der Waals surface area contributed by atoms with Crippen LogP contribution in [0.2, 0.25) is 0 Å². The molecule has 0 fully saturated rings. The van der Waals surface area contributed by atoms with Crippen molar-refractivity contribution in [3.8, 4) is 0 Å². The summed E-state index contributed by atoms with van der Waals surface area (Å²) in [5, 5.41) is 11.9. The van der Waals surface area contributed by atoms with Crippen molar-refractivity contribution in [2.45, 2.75) is 19.4 Å². The van der Waals surface area contributed by atoms with E-state index < -0.39 is 17.8 Å². The van der Waals surface area contributed by atoms with Gasteiger partial charge in [-0.2, -0.15) is 0 Å². The molecule has 0 aliphatic carbocycles. The molecular formula is C13H18FNO3. The summed E-state index contributed by atoms with van der Waals surface area (Å²) in [5.41, 5.74) is 0.779. The van der Waals surface area contributed by atoms with E-state index in [0.717, 1.165) is 5.56 Å². The molecule has 0 bridgehead atoms. The fourth-order valence-corrected chi connectivity index (χ4v) is 1.53. The highest BCUT2D eigenvalue weighted by molar-refractivity contribution is 5.94. The van der Waals surface area contributed by atoms with E-state index in [1.165, 1.54) is 19.2 Å². The van der Waals surface area contributed by atoms with Crippen LogP contribution in [0.5, 0.6) is 0 Å². The Morgan fingerprint density at radius 2 is 2.28 bits per heavy atom. The Hall–Kier alpha value is -1.46. The number of methoxy groups -OCH3 is 1. The van der Waals surface area contributed by atoms with Gasteiger partial charge in [0.25, 0.3) is 5.91 Å². The lowest BCUT2D eigenvalue weighted by Gasteiger charge is -2.10. The Kier molecular flexibility index (Phi) is 5.74. The van der Waals surface area contributed by atoms with Crippen LogP contribution in [0.25, 0.3) is 0 Å². The first kappa shape index (κ1) is 14.6. The Balaban J connectivity index is 2.45. The minimum absolute atomic E-state index is 0.0156. The quantitative estimate of drug-likeness (QED) is 0.804. The number of aliphatic hydroxyl groups is 1. The lowest BCUT2D eigenvalue weighted by atomic mass is 10.1. The lowest BCUT2D eigenvalue weighted by Crippen LogP contribution is -2.29. The molecule has 0 aliphatic heterocycles. The van der Waals surface area contributed by atoms with Crippen molar-refractivity contribution in [3.63, 3.8) is 0 Å². The van der Waals surface area contributed by atoms with Gasteiger partial charge >= 0.3 is 0 Å². The number of hydrogen-bond donors (Lipinski definition) is 2. The highest BCUT2D eigenvalue weighted by Gasteiger charge is 2.11. The van der Waals surface area contributed by atoms with Gasteiger partial charge in [0.05, 0.1) is 18.3 Å². The molecule has 1 rings (SSSR count). The Bertz CT molecular complexity index is 409. The molecule has 5 heteroatoms. The van der Waals surface area contributed by atoms with Crippen LogP contribution in [0.4, 0.5) is 4.39 Å². The molecule has 0 saturated carbocycles. The van der Waals surface area contributed by atoms with Gasteiger partial charge in [0.1, 0.15) is 5.82 Å². The van der Waals surface area contributed by atoms with Crippen LogP contribution in [-0.4, -0.2) is 37.4 Å². The molecule has 1 atom stereocenters. The fourth-order valence-electron chi connectivity index (χ4n) is 1.53. The summed E-state index contributed by atoms with van der Waals surface area (Å²) in [6.45, 7) is 2.25. The van der Waals surface area contributed by atoms with Gasteiger partial charge in [-0.25, -0.2) is 4.39 Å². The normalized spacial score (nSPS) is 12.2. The van der Waals surface area contributed by atoms with Gasteiger partial charge in [-0.15, -0.1) is 0 Å². The predicted molar refractivity (Wildman–Crippen MR) is 66.0 cm³/mol. The van der Waals surface area contributed by atoms with E-state index >= 15 is 0 Å². The van der Waals surface area contributed by atoms with E-state index in [-0.39, 0.29) is 18.7 Å². The number of halogens is 1. The van der Waals surface area contributed by atoms with Crippen LogP contribution in [0.3, 0.4) is 0 Å². The molecule has 18 heavy (non-hydrogen) atoms. The zero-order valence-corrected chi connectivity index (χ0v) is 10.6. The third-order valence-electron chi connectivity index (χ3n) is 2.49. The maximum atomic E-state index is 13.5. The third-order valence-corrected chi connectivity index (χ3v) is 2.49. The molecule has 0 aliphatic rings. The smallest absolute Gasteiger partial charge is 0.254 e. The summed E-state index contributed by atoms with van der Waals surface area (Å²) in [5.74, 6) is -1.01. The molecule has 0 heterocycles. The first-order valence-corrected chi connectivity index (χ1v) is 5.76. The summed E-state index contributed by atoms with van der Waals surface area (Å²) in [4.78, 5) is 11.7. The highest BCUT2D eigenvalue weighted by atomic mass is 19.1. The standard InChI is InChI=1S/C13H18FNO3/c1-9-3-4-11(12(14)7-9)13(17)15-6-5-10(16)8-18-2/h3-4,7,10,16H,5-6,8H2,1-2H3,(H,15,17). The number of amides is 1. The average molecular weight is 255 g/mol. The number of benzene rings is 1. The molecule has 1 aromatic carbocycles. The van der Waals surface area contributed by atoms with Crippen LogP contribution in [0.1, 0.15) is 22.3 Å². The second-order valence-electron chi connectivity index (χ2n) is 4.14. The van der Waals surface area contributed by atoms with Crippen LogP contribution < -0.4 is 5.32 Å². The Morgan fingerprint density at radius 3 is 2.89 bits per heavy atom. The molecule has 100 valence electrons. The predicted octanol–water partition coefficient (Wildman–Crippen LogP) is 1.26. The second kappa shape index (κ2) is 7.08. The summed E-state index contributed by atoms with van der Waals surface area (Å²) in [6, 6.07) is 4.44. The van der Waals surface area contributed by atoms with Gasteiger partial charge in [-0.05, 0) is 31.0 Å². The molecule has 1 amide bonds. The van der Waals surface area contributed by atoms with Crippen molar-refractivity contribution in [2.75, 3.05) is 20.3 Å². The maximum absolute atomic E-state index is 13.5. The lowest BCUT2D eigenvalue weighted by molar-refractivity contribution is 0.0587. The maximum Gasteiger partial charge on any atom is 0.254 e. The van der Waals surface area contributed by atoms with Crippen molar-refractivity contribution in [3.05, 3.63) is 35.1 Å². The Labute approximate surface area is 106 Å². The van der Waals surface area contributed by atoms with Crippen molar-refractivity contribution in [2.24, 2.45) is 0 Å². The van der Waals surface area contributed by atoms with Crippen molar-refractivity contribution in [1.82, 2.24) is 5.32 Å². The van der Waals surface area contributed by atoms with E-state index in [1.807, 2.05) is 0 Å². The largest absolute Gasteiger partial charge is 0.391 e. The summed E-state index contributed by atoms with van der Waals surface area (Å²) < 4.78 is 18.2. The third kappa shape index (κ3) is 4.43. The first-order chi connectivity index (χ1) is 8.54. The minimum Gasteiger partial charge on any atom is -0.391 e. The molecule has 0 spiro atoms. The van der Waals surface area contributed by atoms with E-state index in [2.05, 4.69) is 5.32 Å². The molecule has 0 aromatic heterocycles. The van der Waals surface area contributed by atoms with Crippen molar-refractivity contribution >= 4 is 5.91 Å². The SMILES string of the molecule is COCC(O)CCNC(=O)c1ccc(C)cc1F. The van der Waals surface area contributed by atoms with Crippen LogP contribution >= 0.6 is 0 Å². The van der Waals surface area contributed by atoms with Gasteiger partial charge in [0, 0.05) is 13.7 Å². The van der Waals surface area contributed by atoms with E-state index in [1.54, 1.807) is 13.0 Å². The minimum atomic E-state index is -0.627. The zero-order chi connectivity index (χ0) is 13.5. The zero-order valence-electron chi connectivity index (χ0n) is 10.6. The topological polar surface area (TPSA) is 58.6 Å². The first-order valence-electron chi connectivity index (χ1n) is 5.76. The second-order valence-corrected chi connectivity index (χ2v) is 4.14. The molecule has 1 unspecified atom stereocenters. The van der Waals surface area contributed by atoms with Gasteiger partial charge < -0.3 is 15.2 Å². The van der Waals surface area contributed by atoms with Crippen molar-refractivity contribution in [1.29, 1.82) is 0 Å².